The lowest BCUT2D eigenvalue weighted by Gasteiger charge is -2.23. The van der Waals surface area contributed by atoms with Gasteiger partial charge in [-0.1, -0.05) is 18.2 Å². The summed E-state index contributed by atoms with van der Waals surface area (Å²) in [5.41, 5.74) is 3.72. The zero-order valence-corrected chi connectivity index (χ0v) is 11.2. The topological polar surface area (TPSA) is 53.4 Å². The van der Waals surface area contributed by atoms with Crippen molar-refractivity contribution >= 4 is 17.3 Å². The summed E-state index contributed by atoms with van der Waals surface area (Å²) in [6.45, 7) is 3.85. The van der Waals surface area contributed by atoms with E-state index < -0.39 is 5.97 Å². The van der Waals surface area contributed by atoms with Gasteiger partial charge in [-0.3, -0.25) is 4.98 Å². The van der Waals surface area contributed by atoms with E-state index in [-0.39, 0.29) is 5.56 Å². The highest BCUT2D eigenvalue weighted by Crippen LogP contribution is 2.29. The Morgan fingerprint density at radius 3 is 2.53 bits per heavy atom. The van der Waals surface area contributed by atoms with Crippen LogP contribution in [0.25, 0.3) is 0 Å². The number of aryl methyl sites for hydroxylation is 2. The highest BCUT2D eigenvalue weighted by Gasteiger charge is 2.16. The average molecular weight is 256 g/mol. The highest BCUT2D eigenvalue weighted by atomic mass is 16.4. The number of benzene rings is 1. The Kier molecular flexibility index (Phi) is 3.51. The molecular formula is C15H16N2O2. The highest BCUT2D eigenvalue weighted by molar-refractivity contribution is 5.95. The lowest BCUT2D eigenvalue weighted by molar-refractivity contribution is 0.0697. The Bertz CT molecular complexity index is 623. The molecule has 98 valence electrons. The maximum atomic E-state index is 11.3. The van der Waals surface area contributed by atoms with Crippen LogP contribution in [0.15, 0.2) is 36.5 Å². The lowest BCUT2D eigenvalue weighted by atomic mass is 10.1. The molecule has 0 aliphatic rings. The molecule has 4 nitrogen and oxygen atoms in total. The van der Waals surface area contributed by atoms with E-state index in [0.29, 0.717) is 5.69 Å². The minimum atomic E-state index is -0.970. The first-order valence-corrected chi connectivity index (χ1v) is 6.00. The van der Waals surface area contributed by atoms with Gasteiger partial charge in [0.1, 0.15) is 5.56 Å². The van der Waals surface area contributed by atoms with Gasteiger partial charge in [0.2, 0.25) is 0 Å². The summed E-state index contributed by atoms with van der Waals surface area (Å²) in [5.74, 6) is -0.970. The van der Waals surface area contributed by atoms with E-state index in [1.54, 1.807) is 6.07 Å². The Labute approximate surface area is 112 Å². The minimum Gasteiger partial charge on any atom is -0.478 e. The molecule has 0 radical (unpaired) electrons. The fraction of sp³-hybridized carbons (Fsp3) is 0.200. The zero-order valence-electron chi connectivity index (χ0n) is 11.2. The second-order valence-corrected chi connectivity index (χ2v) is 4.49. The fourth-order valence-electron chi connectivity index (χ4n) is 2.06. The van der Waals surface area contributed by atoms with Crippen LogP contribution in [-0.4, -0.2) is 23.1 Å². The number of aromatic nitrogens is 1. The smallest absolute Gasteiger partial charge is 0.339 e. The summed E-state index contributed by atoms with van der Waals surface area (Å²) in [6, 6.07) is 9.66. The SMILES string of the molecule is Cc1cc(N(C)c2ccccc2C)c(C(=O)O)cn1. The van der Waals surface area contributed by atoms with Crippen LogP contribution in [0.4, 0.5) is 11.4 Å². The van der Waals surface area contributed by atoms with Gasteiger partial charge in [-0.05, 0) is 31.5 Å². The number of hydrogen-bond donors (Lipinski definition) is 1. The molecule has 1 N–H and O–H groups in total. The van der Waals surface area contributed by atoms with Gasteiger partial charge in [-0.15, -0.1) is 0 Å². The molecule has 0 saturated carbocycles. The van der Waals surface area contributed by atoms with Crippen LogP contribution < -0.4 is 4.90 Å². The van der Waals surface area contributed by atoms with Gasteiger partial charge < -0.3 is 10.0 Å². The van der Waals surface area contributed by atoms with Crippen LogP contribution in [0, 0.1) is 13.8 Å². The number of hydrogen-bond acceptors (Lipinski definition) is 3. The Morgan fingerprint density at radius 1 is 1.21 bits per heavy atom. The molecule has 0 aliphatic heterocycles. The molecule has 0 aliphatic carbocycles. The quantitative estimate of drug-likeness (QED) is 0.916. The van der Waals surface area contributed by atoms with Crippen molar-refractivity contribution in [3.63, 3.8) is 0 Å². The standard InChI is InChI=1S/C15H16N2O2/c1-10-6-4-5-7-13(10)17(3)14-8-11(2)16-9-12(14)15(18)19/h4-9H,1-3H3,(H,18,19). The monoisotopic (exact) mass is 256 g/mol. The molecule has 1 aromatic carbocycles. The van der Waals surface area contributed by atoms with Crippen molar-refractivity contribution in [3.8, 4) is 0 Å². The molecule has 4 heteroatoms. The van der Waals surface area contributed by atoms with E-state index in [0.717, 1.165) is 16.9 Å². The summed E-state index contributed by atoms with van der Waals surface area (Å²) < 4.78 is 0. The summed E-state index contributed by atoms with van der Waals surface area (Å²) in [4.78, 5) is 17.2. The third-order valence-electron chi connectivity index (χ3n) is 3.09. The molecule has 2 aromatic rings. The first-order chi connectivity index (χ1) is 9.00. The molecule has 19 heavy (non-hydrogen) atoms. The molecular weight excluding hydrogens is 240 g/mol. The first-order valence-electron chi connectivity index (χ1n) is 6.00. The van der Waals surface area contributed by atoms with Crippen molar-refractivity contribution in [2.24, 2.45) is 0 Å². The van der Waals surface area contributed by atoms with Crippen molar-refractivity contribution in [3.05, 3.63) is 53.3 Å². The summed E-state index contributed by atoms with van der Waals surface area (Å²) >= 11 is 0. The van der Waals surface area contributed by atoms with Crippen LogP contribution in [-0.2, 0) is 0 Å². The summed E-state index contributed by atoms with van der Waals surface area (Å²) in [5, 5.41) is 9.25. The predicted octanol–water partition coefficient (Wildman–Crippen LogP) is 3.16. The van der Waals surface area contributed by atoms with Crippen molar-refractivity contribution in [2.45, 2.75) is 13.8 Å². The minimum absolute atomic E-state index is 0.205. The van der Waals surface area contributed by atoms with Gasteiger partial charge in [0.05, 0.1) is 5.69 Å². The molecule has 0 amide bonds. The fourth-order valence-corrected chi connectivity index (χ4v) is 2.06. The Balaban J connectivity index is 2.55. The van der Waals surface area contributed by atoms with Crippen LogP contribution in [0.1, 0.15) is 21.6 Å². The molecule has 0 spiro atoms. The second-order valence-electron chi connectivity index (χ2n) is 4.49. The van der Waals surface area contributed by atoms with E-state index in [9.17, 15) is 9.90 Å². The third kappa shape index (κ3) is 2.57. The van der Waals surface area contributed by atoms with E-state index in [4.69, 9.17) is 0 Å². The average Bonchev–Trinajstić information content (AvgIpc) is 2.38. The summed E-state index contributed by atoms with van der Waals surface area (Å²) in [7, 11) is 1.86. The van der Waals surface area contributed by atoms with Gasteiger partial charge in [-0.25, -0.2) is 4.79 Å². The number of carbonyl (C=O) groups is 1. The first kappa shape index (κ1) is 13.1. The van der Waals surface area contributed by atoms with E-state index in [1.807, 2.05) is 50.1 Å². The normalized spacial score (nSPS) is 10.3. The zero-order chi connectivity index (χ0) is 14.0. The van der Waals surface area contributed by atoms with Crippen molar-refractivity contribution in [1.82, 2.24) is 4.98 Å². The van der Waals surface area contributed by atoms with E-state index >= 15 is 0 Å². The number of carboxylic acids is 1. The molecule has 0 bridgehead atoms. The van der Waals surface area contributed by atoms with Crippen molar-refractivity contribution in [2.75, 3.05) is 11.9 Å². The molecule has 1 aromatic heterocycles. The Morgan fingerprint density at radius 2 is 1.89 bits per heavy atom. The van der Waals surface area contributed by atoms with Crippen LogP contribution in [0.5, 0.6) is 0 Å². The number of pyridine rings is 1. The van der Waals surface area contributed by atoms with Crippen LogP contribution in [0.2, 0.25) is 0 Å². The number of rotatable bonds is 3. The van der Waals surface area contributed by atoms with Gasteiger partial charge in [0.25, 0.3) is 0 Å². The van der Waals surface area contributed by atoms with Crippen LogP contribution in [0.3, 0.4) is 0 Å². The van der Waals surface area contributed by atoms with E-state index in [1.165, 1.54) is 6.20 Å². The number of aromatic carboxylic acids is 1. The predicted molar refractivity (Wildman–Crippen MR) is 75.2 cm³/mol. The number of para-hydroxylation sites is 1. The molecule has 1 heterocycles. The Hall–Kier alpha value is -2.36. The molecule has 0 fully saturated rings. The lowest BCUT2D eigenvalue weighted by Crippen LogP contribution is -2.15. The summed E-state index contributed by atoms with van der Waals surface area (Å²) in [6.07, 6.45) is 1.40. The third-order valence-corrected chi connectivity index (χ3v) is 3.09. The van der Waals surface area contributed by atoms with Gasteiger partial charge in [0, 0.05) is 24.6 Å². The van der Waals surface area contributed by atoms with E-state index in [2.05, 4.69) is 4.98 Å². The van der Waals surface area contributed by atoms with Gasteiger partial charge in [-0.2, -0.15) is 0 Å². The molecule has 0 unspecified atom stereocenters. The van der Waals surface area contributed by atoms with Crippen LogP contribution >= 0.6 is 0 Å². The molecule has 0 atom stereocenters. The van der Waals surface area contributed by atoms with Crippen molar-refractivity contribution in [1.29, 1.82) is 0 Å². The molecule has 2 rings (SSSR count). The molecule has 0 saturated heterocycles. The van der Waals surface area contributed by atoms with Gasteiger partial charge in [0.15, 0.2) is 0 Å². The maximum Gasteiger partial charge on any atom is 0.339 e. The maximum absolute atomic E-state index is 11.3. The second kappa shape index (κ2) is 5.10. The number of anilines is 2. The number of carboxylic acid groups (broad SMARTS) is 1. The van der Waals surface area contributed by atoms with Gasteiger partial charge >= 0.3 is 5.97 Å². The largest absolute Gasteiger partial charge is 0.478 e. The number of nitrogens with zero attached hydrogens (tertiary/aromatic N) is 2. The van der Waals surface area contributed by atoms with Crippen molar-refractivity contribution < 1.29 is 9.90 Å².